The third-order valence-electron chi connectivity index (χ3n) is 2.70. The molecule has 0 aliphatic carbocycles. The number of nitrogens with zero attached hydrogens (tertiary/aromatic N) is 2. The highest BCUT2D eigenvalue weighted by Crippen LogP contribution is 2.17. The lowest BCUT2D eigenvalue weighted by molar-refractivity contribution is 0.247. The molecule has 0 radical (unpaired) electrons. The van der Waals surface area contributed by atoms with Crippen molar-refractivity contribution in [3.05, 3.63) is 18.0 Å². The molecular formula is C9H16N4. The number of hydrogen-bond acceptors (Lipinski definition) is 3. The molecule has 72 valence electrons. The molecule has 1 aromatic heterocycles. The molecule has 0 spiro atoms. The number of hydrogen-bond donors (Lipinski definition) is 2. The highest BCUT2D eigenvalue weighted by atomic mass is 15.2. The molecule has 4 nitrogen and oxygen atoms in total. The van der Waals surface area contributed by atoms with Crippen molar-refractivity contribution >= 4 is 0 Å². The van der Waals surface area contributed by atoms with Gasteiger partial charge in [-0.1, -0.05) is 0 Å². The quantitative estimate of drug-likeness (QED) is 0.705. The van der Waals surface area contributed by atoms with Crippen molar-refractivity contribution in [2.45, 2.75) is 25.4 Å². The zero-order valence-corrected chi connectivity index (χ0v) is 7.74. The highest BCUT2D eigenvalue weighted by molar-refractivity contribution is 4.98. The van der Waals surface area contributed by atoms with Crippen molar-refractivity contribution in [3.8, 4) is 0 Å². The summed E-state index contributed by atoms with van der Waals surface area (Å²) in [5, 5.41) is 6.91. The van der Waals surface area contributed by atoms with Gasteiger partial charge in [-0.05, 0) is 25.5 Å². The minimum absolute atomic E-state index is 0.572. The van der Waals surface area contributed by atoms with Gasteiger partial charge in [-0.25, -0.2) is 0 Å². The second-order valence-electron chi connectivity index (χ2n) is 3.58. The number of nitrogens with two attached hydrogens (primary N) is 1. The fourth-order valence-corrected chi connectivity index (χ4v) is 1.96. The summed E-state index contributed by atoms with van der Waals surface area (Å²) in [7, 11) is 0. The molecule has 0 saturated carbocycles. The molecule has 0 bridgehead atoms. The summed E-state index contributed by atoms with van der Waals surface area (Å²) >= 11 is 0. The largest absolute Gasteiger partial charge is 0.329 e. The Bertz CT molecular complexity index is 244. The molecule has 4 heteroatoms. The molecule has 1 fully saturated rings. The van der Waals surface area contributed by atoms with E-state index in [1.807, 2.05) is 6.07 Å². The minimum Gasteiger partial charge on any atom is -0.329 e. The van der Waals surface area contributed by atoms with Gasteiger partial charge >= 0.3 is 0 Å². The van der Waals surface area contributed by atoms with Crippen molar-refractivity contribution in [1.29, 1.82) is 0 Å². The van der Waals surface area contributed by atoms with E-state index in [1.165, 1.54) is 25.1 Å². The number of likely N-dealkylation sites (tertiary alicyclic amines) is 1. The van der Waals surface area contributed by atoms with Crippen LogP contribution in [0.1, 0.15) is 18.5 Å². The van der Waals surface area contributed by atoms with E-state index in [4.69, 9.17) is 5.73 Å². The summed E-state index contributed by atoms with van der Waals surface area (Å²) in [6.45, 7) is 2.90. The third-order valence-corrected chi connectivity index (χ3v) is 2.70. The van der Waals surface area contributed by atoms with E-state index in [-0.39, 0.29) is 0 Å². The summed E-state index contributed by atoms with van der Waals surface area (Å²) in [5.41, 5.74) is 6.87. The maximum absolute atomic E-state index is 5.69. The Morgan fingerprint density at radius 1 is 1.69 bits per heavy atom. The lowest BCUT2D eigenvalue weighted by Gasteiger charge is -2.21. The van der Waals surface area contributed by atoms with Crippen molar-refractivity contribution in [3.63, 3.8) is 0 Å². The van der Waals surface area contributed by atoms with Crippen LogP contribution in [0.25, 0.3) is 0 Å². The van der Waals surface area contributed by atoms with E-state index in [2.05, 4.69) is 15.1 Å². The van der Waals surface area contributed by atoms with E-state index in [0.29, 0.717) is 6.04 Å². The standard InChI is InChI=1S/C9H16N4/c10-6-9-2-1-5-13(9)7-8-3-4-11-12-8/h3-4,9H,1-2,5-7,10H2,(H,11,12). The molecule has 1 aromatic rings. The topological polar surface area (TPSA) is 57.9 Å². The molecule has 0 aromatic carbocycles. The van der Waals surface area contributed by atoms with Crippen LogP contribution in [-0.2, 0) is 6.54 Å². The van der Waals surface area contributed by atoms with Crippen LogP contribution in [0, 0.1) is 0 Å². The van der Waals surface area contributed by atoms with E-state index in [9.17, 15) is 0 Å². The molecule has 1 unspecified atom stereocenters. The molecule has 0 amide bonds. The molecule has 3 N–H and O–H groups in total. The monoisotopic (exact) mass is 180 g/mol. The molecule has 1 aliphatic rings. The van der Waals surface area contributed by atoms with Gasteiger partial charge in [0.1, 0.15) is 0 Å². The van der Waals surface area contributed by atoms with Crippen LogP contribution in [0.5, 0.6) is 0 Å². The summed E-state index contributed by atoms with van der Waals surface area (Å²) in [6, 6.07) is 2.59. The van der Waals surface area contributed by atoms with Crippen LogP contribution in [-0.4, -0.2) is 34.2 Å². The van der Waals surface area contributed by atoms with Crippen LogP contribution in [0.3, 0.4) is 0 Å². The zero-order valence-electron chi connectivity index (χ0n) is 7.74. The smallest absolute Gasteiger partial charge is 0.0492 e. The molecular weight excluding hydrogens is 164 g/mol. The zero-order chi connectivity index (χ0) is 9.10. The van der Waals surface area contributed by atoms with Crippen molar-refractivity contribution in [2.75, 3.05) is 13.1 Å². The number of rotatable bonds is 3. The van der Waals surface area contributed by atoms with Gasteiger partial charge in [0.15, 0.2) is 0 Å². The summed E-state index contributed by atoms with van der Waals surface area (Å²) in [6.07, 6.45) is 4.31. The lowest BCUT2D eigenvalue weighted by Crippen LogP contribution is -2.34. The number of aromatic nitrogens is 2. The summed E-state index contributed by atoms with van der Waals surface area (Å²) in [4.78, 5) is 2.42. The van der Waals surface area contributed by atoms with E-state index < -0.39 is 0 Å². The maximum Gasteiger partial charge on any atom is 0.0492 e. The van der Waals surface area contributed by atoms with Gasteiger partial charge in [0, 0.05) is 31.0 Å². The van der Waals surface area contributed by atoms with Crippen molar-refractivity contribution in [1.82, 2.24) is 15.1 Å². The van der Waals surface area contributed by atoms with Crippen LogP contribution in [0.4, 0.5) is 0 Å². The normalized spacial score (nSPS) is 23.9. The second kappa shape index (κ2) is 3.89. The first-order valence-electron chi connectivity index (χ1n) is 4.82. The van der Waals surface area contributed by atoms with Gasteiger partial charge in [-0.3, -0.25) is 10.00 Å². The Morgan fingerprint density at radius 3 is 3.31 bits per heavy atom. The predicted molar refractivity (Wildman–Crippen MR) is 51.1 cm³/mol. The van der Waals surface area contributed by atoms with Gasteiger partial charge < -0.3 is 5.73 Å². The fourth-order valence-electron chi connectivity index (χ4n) is 1.96. The van der Waals surface area contributed by atoms with Crippen LogP contribution >= 0.6 is 0 Å². The molecule has 1 atom stereocenters. The van der Waals surface area contributed by atoms with Crippen molar-refractivity contribution in [2.24, 2.45) is 5.73 Å². The maximum atomic E-state index is 5.69. The predicted octanol–water partition coefficient (Wildman–Crippen LogP) is 0.333. The SMILES string of the molecule is NCC1CCCN1Cc1ccn[nH]1. The van der Waals surface area contributed by atoms with Gasteiger partial charge in [0.2, 0.25) is 0 Å². The Hall–Kier alpha value is -0.870. The summed E-state index contributed by atoms with van der Waals surface area (Å²) < 4.78 is 0. The number of H-pyrrole nitrogens is 1. The van der Waals surface area contributed by atoms with Gasteiger partial charge in [0.25, 0.3) is 0 Å². The van der Waals surface area contributed by atoms with E-state index >= 15 is 0 Å². The molecule has 13 heavy (non-hydrogen) atoms. The van der Waals surface area contributed by atoms with Crippen LogP contribution < -0.4 is 5.73 Å². The van der Waals surface area contributed by atoms with E-state index in [1.54, 1.807) is 6.20 Å². The highest BCUT2D eigenvalue weighted by Gasteiger charge is 2.22. The average Bonchev–Trinajstić information content (AvgIpc) is 2.76. The number of aromatic amines is 1. The molecule has 2 rings (SSSR count). The molecule has 1 saturated heterocycles. The van der Waals surface area contributed by atoms with Crippen LogP contribution in [0.2, 0.25) is 0 Å². The first-order valence-corrected chi connectivity index (χ1v) is 4.82. The summed E-state index contributed by atoms with van der Waals surface area (Å²) in [5.74, 6) is 0. The Kier molecular flexibility index (Phi) is 2.61. The minimum atomic E-state index is 0.572. The van der Waals surface area contributed by atoms with E-state index in [0.717, 1.165) is 13.1 Å². The number of nitrogens with one attached hydrogen (secondary N) is 1. The average molecular weight is 180 g/mol. The lowest BCUT2D eigenvalue weighted by atomic mass is 10.2. The Labute approximate surface area is 78.1 Å². The molecule has 1 aliphatic heterocycles. The first-order chi connectivity index (χ1) is 6.40. The van der Waals surface area contributed by atoms with Crippen molar-refractivity contribution < 1.29 is 0 Å². The molecule has 2 heterocycles. The Balaban J connectivity index is 1.94. The Morgan fingerprint density at radius 2 is 2.62 bits per heavy atom. The second-order valence-corrected chi connectivity index (χ2v) is 3.58. The van der Waals surface area contributed by atoms with Gasteiger partial charge in [0.05, 0.1) is 0 Å². The van der Waals surface area contributed by atoms with Gasteiger partial charge in [-0.15, -0.1) is 0 Å². The third kappa shape index (κ3) is 1.89. The van der Waals surface area contributed by atoms with Crippen LogP contribution in [0.15, 0.2) is 12.3 Å². The fraction of sp³-hybridized carbons (Fsp3) is 0.667. The van der Waals surface area contributed by atoms with Gasteiger partial charge in [-0.2, -0.15) is 5.10 Å². The first kappa shape index (κ1) is 8.72.